The van der Waals surface area contributed by atoms with Crippen LogP contribution in [0.15, 0.2) is 30.3 Å². The molecular formula is C13H19NO3S2. The minimum absolute atomic E-state index is 0.175. The first-order valence-corrected chi connectivity index (χ1v) is 9.54. The Morgan fingerprint density at radius 3 is 2.37 bits per heavy atom. The fourth-order valence-electron chi connectivity index (χ4n) is 2.13. The zero-order valence-corrected chi connectivity index (χ0v) is 12.5. The zero-order chi connectivity index (χ0) is 13.7. The number of benzene rings is 1. The van der Waals surface area contributed by atoms with Crippen molar-refractivity contribution in [2.45, 2.75) is 12.8 Å². The lowest BCUT2D eigenvalue weighted by Gasteiger charge is -2.25. The molecule has 1 aromatic rings. The largest absolute Gasteiger partial charge is 0.259 e. The molecule has 1 aliphatic heterocycles. The van der Waals surface area contributed by atoms with E-state index in [0.717, 1.165) is 12.0 Å². The second-order valence-corrected chi connectivity index (χ2v) is 8.44. The number of aryl methyl sites for hydroxylation is 1. The molecule has 0 radical (unpaired) electrons. The Morgan fingerprint density at radius 1 is 1.11 bits per heavy atom. The third kappa shape index (κ3) is 4.40. The van der Waals surface area contributed by atoms with Crippen molar-refractivity contribution in [1.82, 2.24) is 4.31 Å². The van der Waals surface area contributed by atoms with Gasteiger partial charge in [-0.15, -0.1) is 0 Å². The minimum atomic E-state index is -3.18. The molecule has 1 aliphatic rings. The molecule has 0 saturated carbocycles. The lowest BCUT2D eigenvalue weighted by molar-refractivity contribution is 0.437. The van der Waals surface area contributed by atoms with Crippen molar-refractivity contribution >= 4 is 20.8 Å². The standard InChI is InChI=1S/C13H19NO3S2/c15-18-10-8-14(9-11-18)19(16,17)12-4-7-13-5-2-1-3-6-13/h1-3,5-6H,4,7-12H2. The Bertz CT molecular complexity index is 518. The predicted octanol–water partition coefficient (Wildman–Crippen LogP) is 1.01. The van der Waals surface area contributed by atoms with E-state index in [-0.39, 0.29) is 5.75 Å². The van der Waals surface area contributed by atoms with Crippen LogP contribution in [0, 0.1) is 0 Å². The molecule has 0 unspecified atom stereocenters. The van der Waals surface area contributed by atoms with Crippen molar-refractivity contribution in [3.8, 4) is 0 Å². The Labute approximate surface area is 117 Å². The van der Waals surface area contributed by atoms with Gasteiger partial charge >= 0.3 is 0 Å². The van der Waals surface area contributed by atoms with Crippen LogP contribution in [0.2, 0.25) is 0 Å². The van der Waals surface area contributed by atoms with Gasteiger partial charge in [0.05, 0.1) is 5.75 Å². The summed E-state index contributed by atoms with van der Waals surface area (Å²) in [5, 5.41) is 0. The van der Waals surface area contributed by atoms with Crippen LogP contribution >= 0.6 is 0 Å². The highest BCUT2D eigenvalue weighted by atomic mass is 32.2. The Hall–Kier alpha value is -0.720. The Morgan fingerprint density at radius 2 is 1.74 bits per heavy atom. The molecule has 1 aromatic carbocycles. The van der Waals surface area contributed by atoms with Gasteiger partial charge in [-0.1, -0.05) is 30.3 Å². The van der Waals surface area contributed by atoms with E-state index in [2.05, 4.69) is 0 Å². The molecule has 0 amide bonds. The van der Waals surface area contributed by atoms with Gasteiger partial charge in [0.25, 0.3) is 0 Å². The van der Waals surface area contributed by atoms with E-state index in [9.17, 15) is 12.6 Å². The first kappa shape index (κ1) is 14.7. The quantitative estimate of drug-likeness (QED) is 0.816. The van der Waals surface area contributed by atoms with E-state index >= 15 is 0 Å². The molecule has 1 saturated heterocycles. The topological polar surface area (TPSA) is 54.5 Å². The smallest absolute Gasteiger partial charge is 0.214 e. The second-order valence-electron chi connectivity index (χ2n) is 4.65. The number of hydrogen-bond acceptors (Lipinski definition) is 3. The van der Waals surface area contributed by atoms with Gasteiger partial charge in [0.1, 0.15) is 0 Å². The molecule has 19 heavy (non-hydrogen) atoms. The van der Waals surface area contributed by atoms with Crippen LogP contribution in [0.25, 0.3) is 0 Å². The lowest BCUT2D eigenvalue weighted by atomic mass is 10.1. The summed E-state index contributed by atoms with van der Waals surface area (Å²) in [4.78, 5) is 0. The summed E-state index contributed by atoms with van der Waals surface area (Å²) in [5.41, 5.74) is 1.16. The third-order valence-corrected chi connectivity index (χ3v) is 6.47. The van der Waals surface area contributed by atoms with E-state index in [4.69, 9.17) is 0 Å². The maximum atomic E-state index is 12.1. The molecule has 1 heterocycles. The third-order valence-electron chi connectivity index (χ3n) is 3.24. The van der Waals surface area contributed by atoms with Gasteiger partial charge in [0.15, 0.2) is 0 Å². The van der Waals surface area contributed by atoms with Crippen LogP contribution in [0.3, 0.4) is 0 Å². The molecule has 0 bridgehead atoms. The van der Waals surface area contributed by atoms with Crippen LogP contribution in [-0.2, 0) is 27.2 Å². The first-order valence-electron chi connectivity index (χ1n) is 6.45. The molecule has 4 nitrogen and oxygen atoms in total. The summed E-state index contributed by atoms with van der Waals surface area (Å²) < 4.78 is 36.9. The van der Waals surface area contributed by atoms with Crippen molar-refractivity contribution in [2.75, 3.05) is 30.3 Å². The molecular weight excluding hydrogens is 282 g/mol. The fraction of sp³-hybridized carbons (Fsp3) is 0.538. The highest BCUT2D eigenvalue weighted by Gasteiger charge is 2.25. The summed E-state index contributed by atoms with van der Waals surface area (Å²) in [7, 11) is -4.02. The van der Waals surface area contributed by atoms with Crippen LogP contribution in [0.1, 0.15) is 12.0 Å². The van der Waals surface area contributed by atoms with Crippen LogP contribution < -0.4 is 0 Å². The molecule has 0 aromatic heterocycles. The Kier molecular flexibility index (Phi) is 5.13. The summed E-state index contributed by atoms with van der Waals surface area (Å²) in [6.07, 6.45) is 1.41. The number of rotatable bonds is 5. The van der Waals surface area contributed by atoms with Gasteiger partial charge in [-0.3, -0.25) is 4.21 Å². The van der Waals surface area contributed by atoms with E-state index in [1.807, 2.05) is 30.3 Å². The zero-order valence-electron chi connectivity index (χ0n) is 10.8. The normalized spacial score (nSPS) is 18.5. The summed E-state index contributed by atoms with van der Waals surface area (Å²) in [6, 6.07) is 9.90. The molecule has 0 N–H and O–H groups in total. The van der Waals surface area contributed by atoms with Gasteiger partial charge in [-0.05, 0) is 18.4 Å². The molecule has 0 aliphatic carbocycles. The summed E-state index contributed by atoms with van der Waals surface area (Å²) >= 11 is 0. The van der Waals surface area contributed by atoms with Crippen LogP contribution in [-0.4, -0.2) is 47.3 Å². The van der Waals surface area contributed by atoms with E-state index < -0.39 is 20.8 Å². The van der Waals surface area contributed by atoms with Crippen molar-refractivity contribution in [3.63, 3.8) is 0 Å². The van der Waals surface area contributed by atoms with E-state index in [1.165, 1.54) is 4.31 Å². The van der Waals surface area contributed by atoms with E-state index in [0.29, 0.717) is 31.0 Å². The maximum Gasteiger partial charge on any atom is 0.214 e. The van der Waals surface area contributed by atoms with Crippen LogP contribution in [0.5, 0.6) is 0 Å². The van der Waals surface area contributed by atoms with Gasteiger partial charge in [-0.25, -0.2) is 12.7 Å². The minimum Gasteiger partial charge on any atom is -0.259 e. The van der Waals surface area contributed by atoms with Gasteiger partial charge in [0, 0.05) is 35.4 Å². The van der Waals surface area contributed by atoms with Crippen molar-refractivity contribution < 1.29 is 12.6 Å². The highest BCUT2D eigenvalue weighted by molar-refractivity contribution is 7.89. The summed E-state index contributed by atoms with van der Waals surface area (Å²) in [6.45, 7) is 0.806. The second kappa shape index (κ2) is 6.63. The molecule has 106 valence electrons. The number of hydrogen-bond donors (Lipinski definition) is 0. The maximum absolute atomic E-state index is 12.1. The number of nitrogens with zero attached hydrogens (tertiary/aromatic N) is 1. The average Bonchev–Trinajstić information content (AvgIpc) is 2.40. The van der Waals surface area contributed by atoms with E-state index in [1.54, 1.807) is 0 Å². The van der Waals surface area contributed by atoms with Crippen LogP contribution in [0.4, 0.5) is 0 Å². The molecule has 2 rings (SSSR count). The molecule has 1 fully saturated rings. The van der Waals surface area contributed by atoms with Gasteiger partial charge in [-0.2, -0.15) is 0 Å². The number of sulfonamides is 1. The SMILES string of the molecule is O=S1CCN(S(=O)(=O)CCCc2ccccc2)CC1. The van der Waals surface area contributed by atoms with Crippen molar-refractivity contribution in [2.24, 2.45) is 0 Å². The Balaban J connectivity index is 1.83. The average molecular weight is 301 g/mol. The van der Waals surface area contributed by atoms with Gasteiger partial charge in [0.2, 0.25) is 10.0 Å². The predicted molar refractivity (Wildman–Crippen MR) is 78.0 cm³/mol. The molecule has 6 heteroatoms. The fourth-order valence-corrected chi connectivity index (χ4v) is 4.92. The molecule has 0 atom stereocenters. The lowest BCUT2D eigenvalue weighted by Crippen LogP contribution is -2.42. The summed E-state index contributed by atoms with van der Waals surface area (Å²) in [5.74, 6) is 1.12. The van der Waals surface area contributed by atoms with Gasteiger partial charge < -0.3 is 0 Å². The highest BCUT2D eigenvalue weighted by Crippen LogP contribution is 2.10. The van der Waals surface area contributed by atoms with Crippen molar-refractivity contribution in [1.29, 1.82) is 0 Å². The van der Waals surface area contributed by atoms with Crippen molar-refractivity contribution in [3.05, 3.63) is 35.9 Å². The monoisotopic (exact) mass is 301 g/mol. The molecule has 0 spiro atoms. The first-order chi connectivity index (χ1) is 9.08.